The fourth-order valence-electron chi connectivity index (χ4n) is 3.39. The highest BCUT2D eigenvalue weighted by Gasteiger charge is 2.52. The first kappa shape index (κ1) is 17.1. The molecule has 0 radical (unpaired) electrons. The minimum atomic E-state index is -1.70. The molecule has 136 valence electrons. The van der Waals surface area contributed by atoms with Crippen LogP contribution in [0.3, 0.4) is 0 Å². The summed E-state index contributed by atoms with van der Waals surface area (Å²) in [6.45, 7) is 4.98. The predicted octanol–water partition coefficient (Wildman–Crippen LogP) is 3.87. The molecule has 1 amide bonds. The molecular weight excluding hydrogens is 357 g/mol. The second kappa shape index (κ2) is 5.61. The van der Waals surface area contributed by atoms with Crippen molar-refractivity contribution in [3.63, 3.8) is 0 Å². The van der Waals surface area contributed by atoms with E-state index in [2.05, 4.69) is 20.3 Å². The molecular formula is C18H19ClFN5O. The number of carbonyl (C=O) groups excluding carboxylic acids is 1. The van der Waals surface area contributed by atoms with Gasteiger partial charge in [-0.15, -0.1) is 0 Å². The van der Waals surface area contributed by atoms with Gasteiger partial charge in [-0.2, -0.15) is 0 Å². The van der Waals surface area contributed by atoms with Crippen LogP contribution < -0.4 is 10.2 Å². The maximum atomic E-state index is 14.4. The Balaban J connectivity index is 1.80. The monoisotopic (exact) mass is 375 g/mol. The van der Waals surface area contributed by atoms with Gasteiger partial charge in [0.1, 0.15) is 16.8 Å². The molecule has 2 aliphatic rings. The van der Waals surface area contributed by atoms with E-state index in [0.29, 0.717) is 11.6 Å². The van der Waals surface area contributed by atoms with E-state index in [-0.39, 0.29) is 22.3 Å². The van der Waals surface area contributed by atoms with Crippen molar-refractivity contribution < 1.29 is 9.18 Å². The van der Waals surface area contributed by atoms with E-state index in [1.54, 1.807) is 6.07 Å². The van der Waals surface area contributed by atoms with Gasteiger partial charge in [0.25, 0.3) is 0 Å². The number of alkyl halides is 1. The fourth-order valence-corrected chi connectivity index (χ4v) is 3.57. The molecule has 2 aromatic heterocycles. The Morgan fingerprint density at radius 3 is 2.69 bits per heavy atom. The zero-order valence-electron chi connectivity index (χ0n) is 14.8. The molecule has 0 atom stereocenters. The van der Waals surface area contributed by atoms with E-state index in [9.17, 15) is 9.18 Å². The molecule has 8 heteroatoms. The standard InChI is InChI=1S/C18H19ClFN5O/c1-10(26)22-14-6-12-11(8-21-14)18(4-5-18)9-25(12)15-7-13(19)23-16(24-15)17(2,3)20/h6-8H,4-5,9H2,1-3H3,(H,21,22,26). The number of hydrogen-bond acceptors (Lipinski definition) is 5. The van der Waals surface area contributed by atoms with Crippen LogP contribution >= 0.6 is 11.6 Å². The maximum Gasteiger partial charge on any atom is 0.222 e. The number of carbonyl (C=O) groups is 1. The zero-order valence-corrected chi connectivity index (χ0v) is 15.6. The Bertz CT molecular complexity index is 907. The molecule has 2 aromatic rings. The number of fused-ring (bicyclic) bond motifs is 2. The van der Waals surface area contributed by atoms with Crippen LogP contribution in [0, 0.1) is 0 Å². The van der Waals surface area contributed by atoms with Crippen LogP contribution in [0.5, 0.6) is 0 Å². The number of aromatic nitrogens is 3. The third-order valence-electron chi connectivity index (χ3n) is 4.85. The Kier molecular flexibility index (Phi) is 3.70. The van der Waals surface area contributed by atoms with Gasteiger partial charge < -0.3 is 10.2 Å². The summed E-state index contributed by atoms with van der Waals surface area (Å²) in [5.41, 5.74) is 0.403. The second-order valence-corrected chi connectivity index (χ2v) is 7.87. The quantitative estimate of drug-likeness (QED) is 0.824. The molecule has 0 saturated heterocycles. The first-order valence-electron chi connectivity index (χ1n) is 8.48. The van der Waals surface area contributed by atoms with Crippen LogP contribution in [0.15, 0.2) is 18.3 Å². The summed E-state index contributed by atoms with van der Waals surface area (Å²) < 4.78 is 14.4. The van der Waals surface area contributed by atoms with Gasteiger partial charge in [-0.25, -0.2) is 19.3 Å². The second-order valence-electron chi connectivity index (χ2n) is 7.48. The van der Waals surface area contributed by atoms with Crippen molar-refractivity contribution in [1.82, 2.24) is 15.0 Å². The number of anilines is 3. The molecule has 26 heavy (non-hydrogen) atoms. The van der Waals surface area contributed by atoms with Gasteiger partial charge in [0.15, 0.2) is 11.5 Å². The number of pyridine rings is 1. The summed E-state index contributed by atoms with van der Waals surface area (Å²) in [4.78, 5) is 26.2. The molecule has 0 unspecified atom stereocenters. The van der Waals surface area contributed by atoms with Crippen molar-refractivity contribution in [2.45, 2.75) is 44.7 Å². The number of amides is 1. The van der Waals surface area contributed by atoms with Crippen molar-refractivity contribution in [2.75, 3.05) is 16.8 Å². The molecule has 1 saturated carbocycles. The Morgan fingerprint density at radius 2 is 2.08 bits per heavy atom. The van der Waals surface area contributed by atoms with Gasteiger partial charge in [0, 0.05) is 42.8 Å². The summed E-state index contributed by atoms with van der Waals surface area (Å²) in [7, 11) is 0. The summed E-state index contributed by atoms with van der Waals surface area (Å²) in [5.74, 6) is 0.894. The van der Waals surface area contributed by atoms with Crippen LogP contribution in [0.2, 0.25) is 5.15 Å². The smallest absolute Gasteiger partial charge is 0.222 e. The highest BCUT2D eigenvalue weighted by atomic mass is 35.5. The third-order valence-corrected chi connectivity index (χ3v) is 5.05. The van der Waals surface area contributed by atoms with Crippen molar-refractivity contribution in [3.8, 4) is 0 Å². The Labute approximate surface area is 155 Å². The minimum absolute atomic E-state index is 0.0504. The first-order chi connectivity index (χ1) is 12.2. The molecule has 3 heterocycles. The number of hydrogen-bond donors (Lipinski definition) is 1. The molecule has 6 nitrogen and oxygen atoms in total. The molecule has 0 bridgehead atoms. The van der Waals surface area contributed by atoms with Gasteiger partial charge in [-0.1, -0.05) is 11.6 Å². The lowest BCUT2D eigenvalue weighted by Crippen LogP contribution is -2.23. The largest absolute Gasteiger partial charge is 0.325 e. The van der Waals surface area contributed by atoms with Crippen molar-refractivity contribution in [3.05, 3.63) is 34.9 Å². The molecule has 0 aromatic carbocycles. The predicted molar refractivity (Wildman–Crippen MR) is 97.6 cm³/mol. The summed E-state index contributed by atoms with van der Waals surface area (Å²) in [6, 6.07) is 3.47. The van der Waals surface area contributed by atoms with Gasteiger partial charge >= 0.3 is 0 Å². The zero-order chi connectivity index (χ0) is 18.7. The molecule has 4 rings (SSSR count). The van der Waals surface area contributed by atoms with Gasteiger partial charge in [0.2, 0.25) is 5.91 Å². The summed E-state index contributed by atoms with van der Waals surface area (Å²) in [5, 5.41) is 2.90. The van der Waals surface area contributed by atoms with Crippen molar-refractivity contribution >= 4 is 34.8 Å². The van der Waals surface area contributed by atoms with Crippen LogP contribution in [0.25, 0.3) is 0 Å². The third kappa shape index (κ3) is 2.90. The van der Waals surface area contributed by atoms with Gasteiger partial charge in [0.05, 0.1) is 5.69 Å². The normalized spacial score (nSPS) is 17.3. The van der Waals surface area contributed by atoms with E-state index >= 15 is 0 Å². The van der Waals surface area contributed by atoms with E-state index in [1.165, 1.54) is 20.8 Å². The Morgan fingerprint density at radius 1 is 1.35 bits per heavy atom. The highest BCUT2D eigenvalue weighted by Crippen LogP contribution is 2.58. The van der Waals surface area contributed by atoms with E-state index in [1.807, 2.05) is 17.2 Å². The summed E-state index contributed by atoms with van der Waals surface area (Å²) in [6.07, 6.45) is 3.95. The first-order valence-corrected chi connectivity index (χ1v) is 8.85. The molecule has 1 aliphatic heterocycles. The van der Waals surface area contributed by atoms with Crippen LogP contribution in [-0.2, 0) is 15.9 Å². The molecule has 1 N–H and O–H groups in total. The Hall–Kier alpha value is -2.28. The number of nitrogens with zero attached hydrogens (tertiary/aromatic N) is 4. The topological polar surface area (TPSA) is 71.0 Å². The maximum absolute atomic E-state index is 14.4. The summed E-state index contributed by atoms with van der Waals surface area (Å²) >= 11 is 6.13. The number of halogens is 2. The van der Waals surface area contributed by atoms with Crippen molar-refractivity contribution in [1.29, 1.82) is 0 Å². The van der Waals surface area contributed by atoms with Crippen molar-refractivity contribution in [2.24, 2.45) is 0 Å². The molecule has 1 spiro atoms. The average Bonchev–Trinajstić information content (AvgIpc) is 3.23. The van der Waals surface area contributed by atoms with Crippen LogP contribution in [0.1, 0.15) is 45.0 Å². The minimum Gasteiger partial charge on any atom is -0.325 e. The SMILES string of the molecule is CC(=O)Nc1cc2c(cn1)C1(CC1)CN2c1cc(Cl)nc(C(C)(C)F)n1. The van der Waals surface area contributed by atoms with E-state index in [4.69, 9.17) is 11.6 Å². The lowest BCUT2D eigenvalue weighted by molar-refractivity contribution is -0.114. The van der Waals surface area contributed by atoms with Crippen LogP contribution in [-0.4, -0.2) is 27.4 Å². The number of rotatable bonds is 3. The lowest BCUT2D eigenvalue weighted by atomic mass is 10.0. The molecule has 1 fully saturated rings. The van der Waals surface area contributed by atoms with E-state index in [0.717, 1.165) is 30.6 Å². The van der Waals surface area contributed by atoms with Crippen LogP contribution in [0.4, 0.5) is 21.7 Å². The van der Waals surface area contributed by atoms with E-state index < -0.39 is 5.67 Å². The highest BCUT2D eigenvalue weighted by molar-refractivity contribution is 6.29. The fraction of sp³-hybridized carbons (Fsp3) is 0.444. The lowest BCUT2D eigenvalue weighted by Gasteiger charge is -2.22. The number of nitrogens with one attached hydrogen (secondary N) is 1. The van der Waals surface area contributed by atoms with Gasteiger partial charge in [-0.3, -0.25) is 4.79 Å². The average molecular weight is 376 g/mol. The van der Waals surface area contributed by atoms with Gasteiger partial charge in [-0.05, 0) is 26.7 Å². The molecule has 1 aliphatic carbocycles.